The Kier molecular flexibility index (Phi) is 5.91. The Morgan fingerprint density at radius 1 is 1.16 bits per heavy atom. The second-order valence-electron chi connectivity index (χ2n) is 3.54. The van der Waals surface area contributed by atoms with Gasteiger partial charge in [0.15, 0.2) is 0 Å². The lowest BCUT2D eigenvalue weighted by molar-refractivity contribution is 0.0755. The third-order valence-electron chi connectivity index (χ3n) is 2.12. The summed E-state index contributed by atoms with van der Waals surface area (Å²) >= 11 is 0. The first kappa shape index (κ1) is 15.1. The van der Waals surface area contributed by atoms with Crippen LogP contribution < -0.4 is 11.2 Å². The third-order valence-corrected chi connectivity index (χ3v) is 2.12. The largest absolute Gasteiger partial charge is 0.357 e. The molecule has 0 aliphatic heterocycles. The topological polar surface area (TPSA) is 62.5 Å². The highest BCUT2D eigenvalue weighted by atomic mass is 19.1. The fourth-order valence-electron chi connectivity index (χ4n) is 1.29. The van der Waals surface area contributed by atoms with Gasteiger partial charge in [0.2, 0.25) is 5.82 Å². The van der Waals surface area contributed by atoms with Gasteiger partial charge in [0.1, 0.15) is 13.5 Å². The molecule has 0 saturated carbocycles. The summed E-state index contributed by atoms with van der Waals surface area (Å²) in [7, 11) is 0. The van der Waals surface area contributed by atoms with Crippen LogP contribution in [0.3, 0.4) is 0 Å². The lowest BCUT2D eigenvalue weighted by atomic mass is 10.6. The van der Waals surface area contributed by atoms with Gasteiger partial charge in [-0.2, -0.15) is 4.39 Å². The van der Waals surface area contributed by atoms with E-state index >= 15 is 0 Å². The summed E-state index contributed by atoms with van der Waals surface area (Å²) in [5.74, 6) is -1.05. The van der Waals surface area contributed by atoms with Gasteiger partial charge in [-0.05, 0) is 0 Å². The van der Waals surface area contributed by atoms with Crippen LogP contribution in [0.2, 0.25) is 0 Å². The van der Waals surface area contributed by atoms with Crippen molar-refractivity contribution in [3.05, 3.63) is 58.2 Å². The summed E-state index contributed by atoms with van der Waals surface area (Å²) in [6, 6.07) is 0. The van der Waals surface area contributed by atoms with Gasteiger partial charge in [0.25, 0.3) is 5.56 Å². The molecule has 0 radical (unpaired) electrons. The Labute approximate surface area is 109 Å². The number of aromatic nitrogens is 2. The zero-order chi connectivity index (χ0) is 14.3. The van der Waals surface area contributed by atoms with Crippen molar-refractivity contribution >= 4 is 0 Å². The van der Waals surface area contributed by atoms with Gasteiger partial charge in [-0.3, -0.25) is 9.36 Å². The molecule has 6 nitrogen and oxygen atoms in total. The Hall–Kier alpha value is -1.99. The average molecular weight is 270 g/mol. The fraction of sp³-hybridized carbons (Fsp3) is 0.333. The summed E-state index contributed by atoms with van der Waals surface area (Å²) in [5.41, 5.74) is -1.74. The van der Waals surface area contributed by atoms with Crippen LogP contribution in [0.25, 0.3) is 0 Å². The van der Waals surface area contributed by atoms with Gasteiger partial charge in [0, 0.05) is 0 Å². The van der Waals surface area contributed by atoms with E-state index in [-0.39, 0.29) is 26.7 Å². The van der Waals surface area contributed by atoms with Crippen LogP contribution in [0.1, 0.15) is 0 Å². The molecule has 0 amide bonds. The van der Waals surface area contributed by atoms with Gasteiger partial charge in [0.05, 0.1) is 19.4 Å². The van der Waals surface area contributed by atoms with Gasteiger partial charge in [-0.15, -0.1) is 13.2 Å². The summed E-state index contributed by atoms with van der Waals surface area (Å²) in [6.07, 6.45) is 3.75. The first-order valence-corrected chi connectivity index (χ1v) is 5.49. The Morgan fingerprint density at radius 3 is 2.32 bits per heavy atom. The van der Waals surface area contributed by atoms with Crippen LogP contribution in [0.4, 0.5) is 4.39 Å². The molecule has 0 fully saturated rings. The van der Waals surface area contributed by atoms with Crippen molar-refractivity contribution in [2.75, 3.05) is 13.2 Å². The quantitative estimate of drug-likeness (QED) is 0.509. The molecule has 7 heteroatoms. The molecular formula is C12H15FN2O4. The Balaban J connectivity index is 3.00. The van der Waals surface area contributed by atoms with Crippen molar-refractivity contribution < 1.29 is 13.9 Å². The number of halogens is 1. The molecule has 0 atom stereocenters. The van der Waals surface area contributed by atoms with Gasteiger partial charge in [-0.1, -0.05) is 12.2 Å². The number of nitrogens with zero attached hydrogens (tertiary/aromatic N) is 2. The van der Waals surface area contributed by atoms with Crippen LogP contribution in [0.5, 0.6) is 0 Å². The highest BCUT2D eigenvalue weighted by Gasteiger charge is 2.10. The van der Waals surface area contributed by atoms with Gasteiger partial charge >= 0.3 is 5.69 Å². The predicted molar refractivity (Wildman–Crippen MR) is 67.2 cm³/mol. The van der Waals surface area contributed by atoms with Crippen LogP contribution >= 0.6 is 0 Å². The minimum Gasteiger partial charge on any atom is -0.357 e. The molecule has 0 saturated heterocycles. The molecule has 19 heavy (non-hydrogen) atoms. The second kappa shape index (κ2) is 7.45. The Morgan fingerprint density at radius 2 is 1.74 bits per heavy atom. The van der Waals surface area contributed by atoms with E-state index < -0.39 is 17.1 Å². The molecule has 0 N–H and O–H groups in total. The van der Waals surface area contributed by atoms with Crippen molar-refractivity contribution in [1.82, 2.24) is 9.13 Å². The molecule has 0 aliphatic carbocycles. The molecule has 1 rings (SSSR count). The van der Waals surface area contributed by atoms with E-state index in [0.717, 1.165) is 10.8 Å². The van der Waals surface area contributed by atoms with E-state index in [1.54, 1.807) is 0 Å². The van der Waals surface area contributed by atoms with E-state index in [0.29, 0.717) is 4.57 Å². The van der Waals surface area contributed by atoms with E-state index in [4.69, 9.17) is 9.47 Å². The van der Waals surface area contributed by atoms with Crippen LogP contribution in [0.15, 0.2) is 41.1 Å². The SMILES string of the molecule is C=CCOCn1cc(F)c(=O)n(COCC=C)c1=O. The maximum Gasteiger partial charge on any atom is 0.334 e. The highest BCUT2D eigenvalue weighted by Crippen LogP contribution is 1.89. The van der Waals surface area contributed by atoms with E-state index in [1.165, 1.54) is 12.2 Å². The molecule has 104 valence electrons. The molecule has 0 bridgehead atoms. The highest BCUT2D eigenvalue weighted by molar-refractivity contribution is 4.89. The smallest absolute Gasteiger partial charge is 0.334 e. The van der Waals surface area contributed by atoms with Crippen molar-refractivity contribution in [2.45, 2.75) is 13.5 Å². The molecule has 1 aromatic heterocycles. The van der Waals surface area contributed by atoms with Crippen molar-refractivity contribution in [2.24, 2.45) is 0 Å². The maximum absolute atomic E-state index is 13.4. The number of hydrogen-bond donors (Lipinski definition) is 0. The van der Waals surface area contributed by atoms with Crippen molar-refractivity contribution in [3.8, 4) is 0 Å². The van der Waals surface area contributed by atoms with Crippen molar-refractivity contribution in [3.63, 3.8) is 0 Å². The molecule has 0 spiro atoms. The summed E-state index contributed by atoms with van der Waals surface area (Å²) in [6.45, 7) is 6.70. The second-order valence-corrected chi connectivity index (χ2v) is 3.54. The van der Waals surface area contributed by atoms with E-state index in [1.807, 2.05) is 0 Å². The molecule has 0 unspecified atom stereocenters. The predicted octanol–water partition coefficient (Wildman–Crippen LogP) is 0.469. The summed E-state index contributed by atoms with van der Waals surface area (Å²) < 4.78 is 25.0. The van der Waals surface area contributed by atoms with Gasteiger partial charge in [-0.25, -0.2) is 9.36 Å². The molecule has 0 aromatic carbocycles. The normalized spacial score (nSPS) is 10.4. The van der Waals surface area contributed by atoms with Crippen LogP contribution in [-0.4, -0.2) is 22.3 Å². The minimum absolute atomic E-state index is 0.148. The Bertz CT molecular complexity index is 562. The molecule has 1 heterocycles. The molecule has 0 aliphatic rings. The summed E-state index contributed by atoms with van der Waals surface area (Å²) in [5, 5.41) is 0. The van der Waals surface area contributed by atoms with E-state index in [9.17, 15) is 14.0 Å². The number of hydrogen-bond acceptors (Lipinski definition) is 4. The first-order valence-electron chi connectivity index (χ1n) is 5.49. The fourth-order valence-corrected chi connectivity index (χ4v) is 1.29. The maximum atomic E-state index is 13.4. The summed E-state index contributed by atoms with van der Waals surface area (Å²) in [4.78, 5) is 23.4. The lowest BCUT2D eigenvalue weighted by Crippen LogP contribution is -2.42. The standard InChI is InChI=1S/C12H15FN2O4/c1-3-5-18-8-14-7-10(13)11(16)15(12(14)17)9-19-6-4-2/h3-4,7H,1-2,5-6,8-9H2. The van der Waals surface area contributed by atoms with Crippen molar-refractivity contribution in [1.29, 1.82) is 0 Å². The zero-order valence-corrected chi connectivity index (χ0v) is 10.4. The zero-order valence-electron chi connectivity index (χ0n) is 10.4. The molecule has 1 aromatic rings. The molecular weight excluding hydrogens is 255 g/mol. The first-order chi connectivity index (χ1) is 9.11. The van der Waals surface area contributed by atoms with Crippen LogP contribution in [-0.2, 0) is 22.9 Å². The van der Waals surface area contributed by atoms with E-state index in [2.05, 4.69) is 13.2 Å². The van der Waals surface area contributed by atoms with Crippen LogP contribution in [0, 0.1) is 5.82 Å². The monoisotopic (exact) mass is 270 g/mol. The average Bonchev–Trinajstić information content (AvgIpc) is 2.40. The number of ether oxygens (including phenoxy) is 2. The van der Waals surface area contributed by atoms with Gasteiger partial charge < -0.3 is 9.47 Å². The minimum atomic E-state index is -1.05. The lowest BCUT2D eigenvalue weighted by Gasteiger charge is -2.10. The number of rotatable bonds is 8. The third kappa shape index (κ3) is 4.01.